The second-order valence-electron chi connectivity index (χ2n) is 5.17. The van der Waals surface area contributed by atoms with E-state index in [9.17, 15) is 13.2 Å². The van der Waals surface area contributed by atoms with Crippen molar-refractivity contribution in [3.05, 3.63) is 34.7 Å². The molecule has 1 saturated heterocycles. The van der Waals surface area contributed by atoms with Crippen LogP contribution < -0.4 is 10.1 Å². The summed E-state index contributed by atoms with van der Waals surface area (Å²) >= 11 is 1.61. The molecule has 0 atom stereocenters. The molecule has 23 heavy (non-hydrogen) atoms. The van der Waals surface area contributed by atoms with Crippen LogP contribution in [0.2, 0.25) is 0 Å². The number of benzene rings is 1. The van der Waals surface area contributed by atoms with Gasteiger partial charge < -0.3 is 10.1 Å². The fraction of sp³-hybridized carbons (Fsp3) is 0.400. The summed E-state index contributed by atoms with van der Waals surface area (Å²) in [5.41, 5.74) is 1.60. The molecule has 2 aromatic rings. The zero-order valence-corrected chi connectivity index (χ0v) is 14.6. The van der Waals surface area contributed by atoms with Crippen LogP contribution in [0.15, 0.2) is 29.6 Å². The van der Waals surface area contributed by atoms with Crippen LogP contribution in [-0.2, 0) is 0 Å². The minimum absolute atomic E-state index is 0. The third-order valence-electron chi connectivity index (χ3n) is 3.59. The maximum Gasteiger partial charge on any atom is 0.573 e. The number of nitrogens with zero attached hydrogens (tertiary/aromatic N) is 1. The summed E-state index contributed by atoms with van der Waals surface area (Å²) in [7, 11) is 0. The zero-order chi connectivity index (χ0) is 15.6. The number of rotatable bonds is 3. The monoisotopic (exact) mass is 408 g/mol. The first-order chi connectivity index (χ1) is 10.5. The van der Waals surface area contributed by atoms with Crippen molar-refractivity contribution >= 4 is 28.3 Å². The van der Waals surface area contributed by atoms with Gasteiger partial charge in [0.25, 0.3) is 0 Å². The van der Waals surface area contributed by atoms with E-state index in [4.69, 9.17) is 0 Å². The molecule has 1 aromatic carbocycles. The first-order valence-corrected chi connectivity index (χ1v) is 7.91. The van der Waals surface area contributed by atoms with Crippen LogP contribution in [0.5, 0.6) is 5.75 Å². The van der Waals surface area contributed by atoms with Gasteiger partial charge in [-0.05, 0) is 50.2 Å². The average Bonchev–Trinajstić information content (AvgIpc) is 2.97. The number of alkyl halides is 3. The maximum absolute atomic E-state index is 12.1. The number of ether oxygens (including phenoxy) is 1. The lowest BCUT2D eigenvalue weighted by atomic mass is 9.99. The molecule has 2 heterocycles. The molecule has 0 unspecified atom stereocenters. The van der Waals surface area contributed by atoms with Crippen LogP contribution in [-0.4, -0.2) is 24.4 Å². The van der Waals surface area contributed by atoms with Gasteiger partial charge in [-0.15, -0.1) is 41.5 Å². The lowest BCUT2D eigenvalue weighted by Gasteiger charge is -2.20. The molecule has 1 fully saturated rings. The van der Waals surface area contributed by atoms with Gasteiger partial charge in [0.1, 0.15) is 5.75 Å². The van der Waals surface area contributed by atoms with Gasteiger partial charge in [0.05, 0.1) is 10.7 Å². The Labute approximate surface area is 146 Å². The van der Waals surface area contributed by atoms with Gasteiger partial charge in [0.2, 0.25) is 0 Å². The van der Waals surface area contributed by atoms with E-state index in [1.54, 1.807) is 23.5 Å². The number of aromatic nitrogens is 1. The van der Waals surface area contributed by atoms with Crippen molar-refractivity contribution in [2.75, 3.05) is 13.1 Å². The van der Waals surface area contributed by atoms with Crippen molar-refractivity contribution in [1.82, 2.24) is 10.3 Å². The summed E-state index contributed by atoms with van der Waals surface area (Å²) in [5.74, 6) is 0.262. The minimum Gasteiger partial charge on any atom is -0.406 e. The van der Waals surface area contributed by atoms with Gasteiger partial charge in [0.15, 0.2) is 0 Å². The lowest BCUT2D eigenvalue weighted by molar-refractivity contribution is -0.274. The standard InChI is InChI=1S/C15H15F3N2OS.BrH/c16-15(17,18)21-12-3-1-10(2-4-12)13-9-22-14(20-13)11-5-7-19-8-6-11;/h1-4,9,11,19H,5-8H2;1H. The molecule has 1 N–H and O–H groups in total. The van der Waals surface area contributed by atoms with Crippen molar-refractivity contribution < 1.29 is 17.9 Å². The molecule has 0 spiro atoms. The fourth-order valence-corrected chi connectivity index (χ4v) is 3.50. The van der Waals surface area contributed by atoms with Crippen molar-refractivity contribution in [2.45, 2.75) is 25.1 Å². The number of piperidine rings is 1. The molecule has 3 nitrogen and oxygen atoms in total. The van der Waals surface area contributed by atoms with Crippen molar-refractivity contribution in [1.29, 1.82) is 0 Å². The van der Waals surface area contributed by atoms with Crippen LogP contribution in [0, 0.1) is 0 Å². The number of hydrogen-bond acceptors (Lipinski definition) is 4. The maximum atomic E-state index is 12.1. The summed E-state index contributed by atoms with van der Waals surface area (Å²) in [6.45, 7) is 2.01. The van der Waals surface area contributed by atoms with E-state index < -0.39 is 6.36 Å². The Morgan fingerprint density at radius 3 is 2.39 bits per heavy atom. The molecule has 0 radical (unpaired) electrons. The van der Waals surface area contributed by atoms with Gasteiger partial charge in [-0.3, -0.25) is 0 Å². The van der Waals surface area contributed by atoms with Crippen molar-refractivity contribution in [3.63, 3.8) is 0 Å². The first kappa shape index (κ1) is 18.2. The van der Waals surface area contributed by atoms with Crippen LogP contribution >= 0.6 is 28.3 Å². The van der Waals surface area contributed by atoms with E-state index in [1.165, 1.54) is 12.1 Å². The number of halogens is 4. The summed E-state index contributed by atoms with van der Waals surface area (Å²) in [6.07, 6.45) is -2.51. The Hall–Kier alpha value is -1.12. The smallest absolute Gasteiger partial charge is 0.406 e. The van der Waals surface area contributed by atoms with Crippen molar-refractivity contribution in [3.8, 4) is 17.0 Å². The van der Waals surface area contributed by atoms with Crippen molar-refractivity contribution in [2.24, 2.45) is 0 Å². The molecule has 3 rings (SSSR count). The number of hydrogen-bond donors (Lipinski definition) is 1. The molecule has 0 bridgehead atoms. The highest BCUT2D eigenvalue weighted by molar-refractivity contribution is 8.93. The molecule has 126 valence electrons. The highest BCUT2D eigenvalue weighted by atomic mass is 79.9. The van der Waals surface area contributed by atoms with Gasteiger partial charge in [-0.1, -0.05) is 0 Å². The van der Waals surface area contributed by atoms with Gasteiger partial charge in [0, 0.05) is 16.9 Å². The molecular weight excluding hydrogens is 393 g/mol. The Balaban J connectivity index is 0.00000192. The van der Waals surface area contributed by atoms with E-state index in [1.807, 2.05) is 5.38 Å². The largest absolute Gasteiger partial charge is 0.573 e. The molecule has 1 aliphatic heterocycles. The highest BCUT2D eigenvalue weighted by Crippen LogP contribution is 2.32. The topological polar surface area (TPSA) is 34.1 Å². The predicted molar refractivity (Wildman–Crippen MR) is 89.4 cm³/mol. The minimum atomic E-state index is -4.66. The van der Waals surface area contributed by atoms with E-state index >= 15 is 0 Å². The average molecular weight is 409 g/mol. The van der Waals surface area contributed by atoms with E-state index in [0.29, 0.717) is 5.92 Å². The molecule has 8 heteroatoms. The van der Waals surface area contributed by atoms with Crippen LogP contribution in [0.3, 0.4) is 0 Å². The third-order valence-corrected chi connectivity index (χ3v) is 4.60. The third kappa shape index (κ3) is 4.92. The Morgan fingerprint density at radius 2 is 1.78 bits per heavy atom. The van der Waals surface area contributed by atoms with Crippen LogP contribution in [0.4, 0.5) is 13.2 Å². The summed E-state index contributed by atoms with van der Waals surface area (Å²) in [4.78, 5) is 4.64. The lowest BCUT2D eigenvalue weighted by Crippen LogP contribution is -2.26. The highest BCUT2D eigenvalue weighted by Gasteiger charge is 2.31. The Bertz CT molecular complexity index is 624. The summed E-state index contributed by atoms with van der Waals surface area (Å²) in [5, 5.41) is 6.38. The molecule has 0 saturated carbocycles. The SMILES string of the molecule is Br.FC(F)(F)Oc1ccc(-c2csc(C3CCNCC3)n2)cc1. The second-order valence-corrected chi connectivity index (χ2v) is 6.06. The molecule has 1 aliphatic rings. The summed E-state index contributed by atoms with van der Waals surface area (Å²) < 4.78 is 40.3. The Morgan fingerprint density at radius 1 is 1.13 bits per heavy atom. The van der Waals surface area contributed by atoms with Gasteiger partial charge in [-0.2, -0.15) is 0 Å². The molecule has 0 amide bonds. The Kier molecular flexibility index (Phi) is 6.05. The predicted octanol–water partition coefficient (Wildman–Crippen LogP) is 4.75. The van der Waals surface area contributed by atoms with Crippen LogP contribution in [0.1, 0.15) is 23.8 Å². The first-order valence-electron chi connectivity index (χ1n) is 7.03. The second kappa shape index (κ2) is 7.63. The molecular formula is C15H16BrF3N2OS. The fourth-order valence-electron chi connectivity index (χ4n) is 2.50. The summed E-state index contributed by atoms with van der Waals surface area (Å²) in [6, 6.07) is 5.82. The van der Waals surface area contributed by atoms with Gasteiger partial charge >= 0.3 is 6.36 Å². The van der Waals surface area contributed by atoms with Gasteiger partial charge in [-0.25, -0.2) is 4.98 Å². The molecule has 1 aromatic heterocycles. The zero-order valence-electron chi connectivity index (χ0n) is 12.1. The number of nitrogens with one attached hydrogen (secondary N) is 1. The normalized spacial score (nSPS) is 16.0. The van der Waals surface area contributed by atoms with E-state index in [0.717, 1.165) is 42.2 Å². The van der Waals surface area contributed by atoms with Crippen LogP contribution in [0.25, 0.3) is 11.3 Å². The van der Waals surface area contributed by atoms with E-state index in [2.05, 4.69) is 15.0 Å². The quantitative estimate of drug-likeness (QED) is 0.795. The van der Waals surface area contributed by atoms with E-state index in [-0.39, 0.29) is 22.7 Å². The number of thiazole rings is 1. The molecule has 0 aliphatic carbocycles.